The smallest absolute Gasteiger partial charge is 0.410 e. The molecule has 752 valence electrons. The summed E-state index contributed by atoms with van der Waals surface area (Å²) in [5.74, 6) is -1.77. The third-order valence-electron chi connectivity index (χ3n) is 16.4. The van der Waals surface area contributed by atoms with Gasteiger partial charge in [-0.05, 0) is 215 Å². The molecule has 0 fully saturated rings. The number of nitro benzene ring substituents is 5. The highest BCUT2D eigenvalue weighted by Gasteiger charge is 2.29. The summed E-state index contributed by atoms with van der Waals surface area (Å²) in [5.41, 5.74) is 6.50. The van der Waals surface area contributed by atoms with Crippen LogP contribution in [-0.2, 0) is 98.1 Å². The van der Waals surface area contributed by atoms with E-state index in [1.165, 1.54) is 99.6 Å². The van der Waals surface area contributed by atoms with Crippen molar-refractivity contribution in [3.63, 3.8) is 0 Å². The molecule has 4 atom stereocenters. The third-order valence-corrected chi connectivity index (χ3v) is 20.0. The molecule has 0 aliphatic rings. The van der Waals surface area contributed by atoms with E-state index in [1.54, 1.807) is 48.4 Å². The SMILES string of the molecule is CB(O)N[C@@H](CI)CC(=O)OC(C)(C)C.CC(C)(C)OC(=O)C[C@H](Cc1cc(CO)ccc1[N+](=O)[O-])N[B]C=O.CC(C)(C)OC(=O)C[C@H](Cc1cc(COC(=O)N(CCCl)CCCl)ccc1[N+](=O)[O-])N[B]C=O.N[C@H](CC(=O)O)Cc1cc(COC(=O)N(CCCl)CCCl)ccc1[N+](=O)[O-].O=C(Cl)N(CCCl)CCCl.O=C(O)c1ccc([N+](=O)[O-])c(Br)c1.O=[N+]([O-])c1ccc(CO)cc1Br. The molecule has 10 N–H and O–H groups in total. The molecule has 0 aliphatic heterocycles. The standard InChI is InChI=1S/C21H29BCl2N3O7.C16H22BN2O6.C16H21Cl2N3O6.C9H19BINO3.C7H4BrNO4.C7H6BrNO3.C5H8Cl3NO/c1-21(2,3)34-19(29)12-17(25-22-14-28)11-16-10-15(4-5-18(16)27(31)32)13-33-20(30)26(8-6-23)9-7-24;1-16(2,3)25-15(22)8-13(18-17-10-21)7-12-6-11(9-20)4-5-14(12)19(23)24;17-3-5-20(6-4-18)16(24)27-10-11-1-2-14(21(25)26)12(7-11)8-13(19)9-15(22)23;1-9(2,3)15-8(13)5-7(6-11)12-10(4)14;8-5-3-4(7(10)11)1-2-6(5)9(12)13;8-6-3-5(4-10)1-2-7(6)9(11)12;6-1-3-9(4-2-7)5(8)10/h4-5,10,14,17,25H,6-9,11-13H2,1-3H3;4-6,10,13,18,20H,7-9H2,1-3H3;1-2,7,13H,3-6,8-10,19H2,(H,22,23);7,12,14H,5-6H2,1-4H3;1-3H,(H,10,11);1-3,10H,4H2;1-4H2/t17-;2*13-;7-;;;/m0001.../s1. The highest BCUT2D eigenvalue weighted by molar-refractivity contribution is 14.1. The van der Waals surface area contributed by atoms with Crippen LogP contribution in [0.15, 0.2) is 99.9 Å². The first kappa shape index (κ1) is 129. The van der Waals surface area contributed by atoms with Crippen LogP contribution in [0.2, 0.25) is 6.82 Å². The number of nitro groups is 5. The van der Waals surface area contributed by atoms with Gasteiger partial charge in [-0.1, -0.05) is 22.6 Å². The molecular formula is C81H109B3Br2Cl7IN12O30. The number of alkyl halides is 7. The van der Waals surface area contributed by atoms with Gasteiger partial charge in [0.05, 0.1) is 90.4 Å². The number of nitrogens with zero attached hydrogens (tertiary/aromatic N) is 8. The highest BCUT2D eigenvalue weighted by atomic mass is 127. The Balaban J connectivity index is 0. The number of carboxylic acids is 2. The maximum atomic E-state index is 12.3. The molecule has 42 nitrogen and oxygen atoms in total. The summed E-state index contributed by atoms with van der Waals surface area (Å²) in [7, 11) is 1.65. The lowest BCUT2D eigenvalue weighted by Crippen LogP contribution is -2.43. The van der Waals surface area contributed by atoms with Gasteiger partial charge < -0.3 is 94.8 Å². The average molecular weight is 2300 g/mol. The first-order valence-corrected chi connectivity index (χ1v) is 47.2. The fourth-order valence-corrected chi connectivity index (χ4v) is 13.9. The van der Waals surface area contributed by atoms with Crippen molar-refractivity contribution in [3.8, 4) is 0 Å². The molecule has 55 heteroatoms. The topological polar surface area (TPSA) is 606 Å². The number of nitrogens with one attached hydrogen (secondary N) is 3. The second-order valence-corrected chi connectivity index (χ2v) is 36.3. The number of amides is 3. The molecule has 3 amide bonds. The molecule has 136 heavy (non-hydrogen) atoms. The van der Waals surface area contributed by atoms with E-state index < -0.39 is 108 Å². The number of aromatic carboxylic acids is 1. The second kappa shape index (κ2) is 70.1. The van der Waals surface area contributed by atoms with Crippen molar-refractivity contribution in [3.05, 3.63) is 195 Å². The Hall–Kier alpha value is -8.57. The number of esters is 3. The fourth-order valence-electron chi connectivity index (χ4n) is 10.9. The van der Waals surface area contributed by atoms with E-state index in [1.807, 2.05) is 20.8 Å². The second-order valence-electron chi connectivity index (χ2n) is 31.1. The summed E-state index contributed by atoms with van der Waals surface area (Å²) in [6.45, 7) is 18.9. The number of rotatable bonds is 47. The number of ether oxygens (including phenoxy) is 5. The van der Waals surface area contributed by atoms with Gasteiger partial charge in [-0.25, -0.2) is 14.4 Å². The van der Waals surface area contributed by atoms with Gasteiger partial charge in [0.25, 0.3) is 43.3 Å². The Labute approximate surface area is 852 Å². The van der Waals surface area contributed by atoms with Gasteiger partial charge >= 0.3 is 54.4 Å². The Kier molecular flexibility index (Phi) is 66.8. The summed E-state index contributed by atoms with van der Waals surface area (Å²) in [5, 5.41) is 107. The molecule has 0 spiro atoms. The third kappa shape index (κ3) is 59.0. The van der Waals surface area contributed by atoms with Crippen molar-refractivity contribution in [2.24, 2.45) is 5.73 Å². The number of carbonyl (C=O) groups is 10. The molecule has 0 unspecified atom stereocenters. The molecule has 0 aromatic heterocycles. The number of carbonyl (C=O) groups excluding carboxylic acids is 8. The van der Waals surface area contributed by atoms with Crippen LogP contribution in [0.5, 0.6) is 0 Å². The number of hydrogen-bond donors (Lipinski definition) is 9. The molecular weight excluding hydrogens is 2190 g/mol. The zero-order chi connectivity index (χ0) is 104. The van der Waals surface area contributed by atoms with Crippen LogP contribution >= 0.6 is 136 Å². The molecule has 5 aromatic rings. The lowest BCUT2D eigenvalue weighted by atomic mass is 9.87. The Morgan fingerprint density at radius 3 is 1.07 bits per heavy atom. The van der Waals surface area contributed by atoms with E-state index in [2.05, 4.69) is 70.1 Å². The first-order chi connectivity index (χ1) is 63.6. The maximum absolute atomic E-state index is 12.3. The van der Waals surface area contributed by atoms with E-state index in [0.29, 0.717) is 75.1 Å². The summed E-state index contributed by atoms with van der Waals surface area (Å²) in [6, 6.07) is 18.8. The van der Waals surface area contributed by atoms with Crippen molar-refractivity contribution in [1.82, 2.24) is 30.4 Å². The Bertz CT molecular complexity index is 4660. The van der Waals surface area contributed by atoms with Crippen LogP contribution in [0.3, 0.4) is 0 Å². The molecule has 0 heterocycles. The lowest BCUT2D eigenvalue weighted by molar-refractivity contribution is -0.385. The molecule has 5 aromatic carbocycles. The first-order valence-electron chi connectivity index (χ1n) is 40.5. The Morgan fingerprint density at radius 1 is 0.485 bits per heavy atom. The number of halogens is 10. The zero-order valence-electron chi connectivity index (χ0n) is 75.7. The van der Waals surface area contributed by atoms with Crippen LogP contribution in [0.4, 0.5) is 42.8 Å². The lowest BCUT2D eigenvalue weighted by Gasteiger charge is -2.23. The van der Waals surface area contributed by atoms with E-state index in [4.69, 9.17) is 131 Å². The Morgan fingerprint density at radius 2 is 0.787 bits per heavy atom. The summed E-state index contributed by atoms with van der Waals surface area (Å²) in [6.07, 6.45) is -0.209. The van der Waals surface area contributed by atoms with E-state index in [9.17, 15) is 104 Å². The van der Waals surface area contributed by atoms with Crippen LogP contribution < -0.4 is 21.4 Å². The molecule has 0 saturated heterocycles. The highest BCUT2D eigenvalue weighted by Crippen LogP contribution is 2.30. The normalized spacial score (nSPS) is 11.5. The number of aliphatic hydroxyl groups is 2. The molecule has 0 aliphatic carbocycles. The number of aliphatic hydroxyl groups excluding tert-OH is 2. The van der Waals surface area contributed by atoms with Crippen molar-refractivity contribution in [2.75, 3.05) is 79.0 Å². The molecule has 2 radical (unpaired) electrons. The number of hydrogen-bond acceptors (Lipinski definition) is 32. The van der Waals surface area contributed by atoms with Gasteiger partial charge in [-0.3, -0.25) is 74.5 Å². The van der Waals surface area contributed by atoms with Crippen molar-refractivity contribution < 1.29 is 122 Å². The van der Waals surface area contributed by atoms with Gasteiger partial charge in [0.2, 0.25) is 0 Å². The minimum absolute atomic E-state index is 0.00667. The average Bonchev–Trinajstić information content (AvgIpc) is 0.836. The minimum Gasteiger partial charge on any atom is -0.481 e. The van der Waals surface area contributed by atoms with Crippen LogP contribution in [-0.4, -0.2) is 266 Å². The van der Waals surface area contributed by atoms with Crippen molar-refractivity contribution in [2.45, 2.75) is 181 Å². The van der Waals surface area contributed by atoms with Gasteiger partial charge in [0.15, 0.2) is 0 Å². The summed E-state index contributed by atoms with van der Waals surface area (Å²) >= 11 is 46.7. The zero-order valence-corrected chi connectivity index (χ0v) is 86.3. The number of aliphatic carboxylic acids is 1. The predicted octanol–water partition coefficient (Wildman–Crippen LogP) is 13.8. The van der Waals surface area contributed by atoms with Gasteiger partial charge in [-0.15, -0.1) is 69.6 Å². The van der Waals surface area contributed by atoms with E-state index in [-0.39, 0.29) is 177 Å². The minimum atomic E-state index is -1.12. The van der Waals surface area contributed by atoms with Crippen molar-refractivity contribution >= 4 is 246 Å². The van der Waals surface area contributed by atoms with E-state index in [0.717, 1.165) is 25.3 Å². The van der Waals surface area contributed by atoms with Crippen LogP contribution in [0, 0.1) is 50.6 Å². The molecule has 5 rings (SSSR count). The summed E-state index contributed by atoms with van der Waals surface area (Å²) < 4.78 is 27.6. The molecule has 0 bridgehead atoms. The van der Waals surface area contributed by atoms with Gasteiger partial charge in [0.1, 0.15) is 30.0 Å². The van der Waals surface area contributed by atoms with Crippen LogP contribution in [0.1, 0.15) is 137 Å². The number of benzene rings is 5. The van der Waals surface area contributed by atoms with Crippen molar-refractivity contribution in [1.29, 1.82) is 0 Å². The molecule has 0 saturated carbocycles. The quantitative estimate of drug-likeness (QED) is 0.00167. The summed E-state index contributed by atoms with van der Waals surface area (Å²) in [4.78, 5) is 169. The van der Waals surface area contributed by atoms with Crippen LogP contribution in [0.25, 0.3) is 0 Å². The number of nitrogens with two attached hydrogens (primary N) is 1. The number of carboxylic acid groups (broad SMARTS) is 2. The fraction of sp³-hybridized carbons (Fsp3) is 0.506. The van der Waals surface area contributed by atoms with E-state index >= 15 is 0 Å². The van der Waals surface area contributed by atoms with Gasteiger partial charge in [-0.2, -0.15) is 0 Å². The maximum Gasteiger partial charge on any atom is 0.410 e. The monoisotopic (exact) mass is 2290 g/mol. The predicted molar refractivity (Wildman–Crippen MR) is 532 cm³/mol. The largest absolute Gasteiger partial charge is 0.481 e. The van der Waals surface area contributed by atoms with Gasteiger partial charge in [0, 0.05) is 150 Å².